The Hall–Kier alpha value is -3.20. The molecule has 0 spiro atoms. The maximum atomic E-state index is 13.8. The Labute approximate surface area is 252 Å². The van der Waals surface area contributed by atoms with E-state index >= 15 is 0 Å². The lowest BCUT2D eigenvalue weighted by atomic mass is 9.95. The van der Waals surface area contributed by atoms with Crippen LogP contribution in [0.3, 0.4) is 0 Å². The number of nitrogens with one attached hydrogen (secondary N) is 2. The molecule has 1 aromatic carbocycles. The second-order valence-electron chi connectivity index (χ2n) is 12.3. The van der Waals surface area contributed by atoms with Crippen molar-refractivity contribution in [2.45, 2.75) is 104 Å². The summed E-state index contributed by atoms with van der Waals surface area (Å²) in [5.74, 6) is -1.39. The Morgan fingerprint density at radius 3 is 2.19 bits per heavy atom. The third kappa shape index (κ3) is 9.68. The van der Waals surface area contributed by atoms with Gasteiger partial charge in [-0.1, -0.05) is 70.5 Å². The monoisotopic (exact) mass is 584 g/mol. The molecule has 2 N–H and O–H groups in total. The SMILES string of the molecule is COC(=O)C(Cc1ccccc1)NC(=O)/C(C)=C/[C@H](C(C)C)N(C)C(=O)C(NC(=O)C1CCCCN1C(C)C)C(C)C. The van der Waals surface area contributed by atoms with Gasteiger partial charge in [0.2, 0.25) is 17.7 Å². The van der Waals surface area contributed by atoms with Gasteiger partial charge in [-0.2, -0.15) is 0 Å². The first-order valence-corrected chi connectivity index (χ1v) is 15.2. The lowest BCUT2D eigenvalue weighted by Gasteiger charge is -2.39. The molecule has 1 aromatic rings. The minimum absolute atomic E-state index is 0.0132. The third-order valence-corrected chi connectivity index (χ3v) is 8.07. The largest absolute Gasteiger partial charge is 0.467 e. The number of ether oxygens (including phenoxy) is 1. The Morgan fingerprint density at radius 2 is 1.64 bits per heavy atom. The Bertz CT molecular complexity index is 1090. The molecule has 0 radical (unpaired) electrons. The van der Waals surface area contributed by atoms with Crippen LogP contribution in [0.25, 0.3) is 0 Å². The molecule has 42 heavy (non-hydrogen) atoms. The van der Waals surface area contributed by atoms with Crippen molar-refractivity contribution in [2.75, 3.05) is 20.7 Å². The van der Waals surface area contributed by atoms with Crippen LogP contribution < -0.4 is 10.6 Å². The van der Waals surface area contributed by atoms with E-state index in [0.717, 1.165) is 31.4 Å². The Morgan fingerprint density at radius 1 is 1.00 bits per heavy atom. The molecule has 3 amide bonds. The van der Waals surface area contributed by atoms with Crippen LogP contribution >= 0.6 is 0 Å². The first kappa shape index (κ1) is 35.0. The van der Waals surface area contributed by atoms with Crippen LogP contribution in [0.15, 0.2) is 42.0 Å². The maximum Gasteiger partial charge on any atom is 0.328 e. The van der Waals surface area contributed by atoms with Gasteiger partial charge in [0, 0.05) is 25.1 Å². The summed E-state index contributed by atoms with van der Waals surface area (Å²) in [6, 6.07) is 7.45. The molecule has 1 aliphatic rings. The zero-order valence-corrected chi connectivity index (χ0v) is 27.0. The predicted molar refractivity (Wildman–Crippen MR) is 165 cm³/mol. The van der Waals surface area contributed by atoms with Crippen LogP contribution in [0, 0.1) is 11.8 Å². The molecule has 0 saturated carbocycles. The number of hydrogen-bond acceptors (Lipinski definition) is 6. The molecular formula is C33H52N4O5. The van der Waals surface area contributed by atoms with E-state index < -0.39 is 30.0 Å². The molecule has 1 heterocycles. The third-order valence-electron chi connectivity index (χ3n) is 8.07. The average molecular weight is 585 g/mol. The lowest BCUT2D eigenvalue weighted by Crippen LogP contribution is -2.58. The summed E-state index contributed by atoms with van der Waals surface area (Å²) < 4.78 is 4.93. The highest BCUT2D eigenvalue weighted by Crippen LogP contribution is 2.21. The van der Waals surface area contributed by atoms with Gasteiger partial charge < -0.3 is 20.3 Å². The number of rotatable bonds is 13. The van der Waals surface area contributed by atoms with Gasteiger partial charge >= 0.3 is 5.97 Å². The number of amides is 3. The van der Waals surface area contributed by atoms with Crippen molar-refractivity contribution in [3.05, 3.63) is 47.5 Å². The summed E-state index contributed by atoms with van der Waals surface area (Å²) in [5, 5.41) is 5.86. The molecule has 1 aliphatic heterocycles. The zero-order valence-electron chi connectivity index (χ0n) is 27.0. The Balaban J connectivity index is 2.20. The fourth-order valence-corrected chi connectivity index (χ4v) is 5.52. The number of methoxy groups -OCH3 is 1. The summed E-state index contributed by atoms with van der Waals surface area (Å²) in [7, 11) is 3.01. The van der Waals surface area contributed by atoms with Crippen molar-refractivity contribution in [3.8, 4) is 0 Å². The van der Waals surface area contributed by atoms with Crippen LogP contribution in [-0.4, -0.2) is 84.4 Å². The molecule has 0 aromatic heterocycles. The quantitative estimate of drug-likeness (QED) is 0.270. The topological polar surface area (TPSA) is 108 Å². The maximum absolute atomic E-state index is 13.8. The van der Waals surface area contributed by atoms with Gasteiger partial charge in [0.25, 0.3) is 0 Å². The number of esters is 1. The van der Waals surface area contributed by atoms with Crippen LogP contribution in [0.2, 0.25) is 0 Å². The van der Waals surface area contributed by atoms with Crippen LogP contribution in [0.5, 0.6) is 0 Å². The number of likely N-dealkylation sites (N-methyl/N-ethyl adjacent to an activating group) is 1. The minimum atomic E-state index is -0.851. The molecule has 2 rings (SSSR count). The Kier molecular flexibility index (Phi) is 13.7. The number of hydrogen-bond donors (Lipinski definition) is 2. The molecule has 9 heteroatoms. The number of benzene rings is 1. The van der Waals surface area contributed by atoms with Crippen molar-refractivity contribution >= 4 is 23.7 Å². The molecule has 3 unspecified atom stereocenters. The standard InChI is InChI=1S/C33H52N4O5/c1-21(2)28(19-24(7)30(38)34-26(33(41)42-9)20-25-15-11-10-12-16-25)36(8)32(40)29(22(3)4)35-31(39)27-17-13-14-18-37(27)23(5)6/h10-12,15-16,19,21-23,26-29H,13-14,17-18,20H2,1-9H3,(H,34,38)(H,35,39)/b24-19+/t26?,27?,28-,29?/m1/s1. The van der Waals surface area contributed by atoms with Crippen LogP contribution in [0.1, 0.15) is 73.3 Å². The van der Waals surface area contributed by atoms with Gasteiger partial charge in [-0.15, -0.1) is 0 Å². The molecule has 1 fully saturated rings. The summed E-state index contributed by atoms with van der Waals surface area (Å²) >= 11 is 0. The number of carbonyl (C=O) groups is 4. The van der Waals surface area contributed by atoms with Gasteiger partial charge in [-0.3, -0.25) is 19.3 Å². The van der Waals surface area contributed by atoms with Crippen molar-refractivity contribution in [1.82, 2.24) is 20.4 Å². The van der Waals surface area contributed by atoms with Crippen LogP contribution in [0.4, 0.5) is 0 Å². The molecular weight excluding hydrogens is 532 g/mol. The number of nitrogens with zero attached hydrogens (tertiary/aromatic N) is 2. The molecule has 0 bridgehead atoms. The summed E-state index contributed by atoms with van der Waals surface area (Å²) in [5.41, 5.74) is 1.28. The van der Waals surface area contributed by atoms with E-state index in [0.29, 0.717) is 12.0 Å². The average Bonchev–Trinajstić information content (AvgIpc) is 2.96. The number of carbonyl (C=O) groups excluding carboxylic acids is 4. The second kappa shape index (κ2) is 16.4. The van der Waals surface area contributed by atoms with E-state index in [1.165, 1.54) is 7.11 Å². The van der Waals surface area contributed by atoms with E-state index in [4.69, 9.17) is 4.74 Å². The van der Waals surface area contributed by atoms with Gasteiger partial charge in [-0.25, -0.2) is 4.79 Å². The highest BCUT2D eigenvalue weighted by molar-refractivity contribution is 5.96. The van der Waals surface area contributed by atoms with E-state index in [2.05, 4.69) is 29.4 Å². The van der Waals surface area contributed by atoms with E-state index in [1.807, 2.05) is 58.0 Å². The van der Waals surface area contributed by atoms with Gasteiger partial charge in [0.05, 0.1) is 19.2 Å². The van der Waals surface area contributed by atoms with E-state index in [-0.39, 0.29) is 35.7 Å². The number of piperidine rings is 1. The number of likely N-dealkylation sites (tertiary alicyclic amines) is 1. The second-order valence-corrected chi connectivity index (χ2v) is 12.3. The fraction of sp³-hybridized carbons (Fsp3) is 0.636. The molecule has 234 valence electrons. The molecule has 1 saturated heterocycles. The normalized spacial score (nSPS) is 18.4. The predicted octanol–water partition coefficient (Wildman–Crippen LogP) is 3.72. The minimum Gasteiger partial charge on any atom is -0.467 e. The first-order chi connectivity index (χ1) is 19.8. The fourth-order valence-electron chi connectivity index (χ4n) is 5.52. The van der Waals surface area contributed by atoms with Gasteiger partial charge in [-0.05, 0) is 57.6 Å². The molecule has 9 nitrogen and oxygen atoms in total. The van der Waals surface area contributed by atoms with Gasteiger partial charge in [0.15, 0.2) is 0 Å². The van der Waals surface area contributed by atoms with Gasteiger partial charge in [0.1, 0.15) is 12.1 Å². The van der Waals surface area contributed by atoms with E-state index in [9.17, 15) is 19.2 Å². The summed E-state index contributed by atoms with van der Waals surface area (Å²) in [4.78, 5) is 56.7. The smallest absolute Gasteiger partial charge is 0.328 e. The summed E-state index contributed by atoms with van der Waals surface area (Å²) in [6.07, 6.45) is 4.89. The van der Waals surface area contributed by atoms with E-state index in [1.54, 1.807) is 24.9 Å². The molecule has 4 atom stereocenters. The highest BCUT2D eigenvalue weighted by atomic mass is 16.5. The lowest BCUT2D eigenvalue weighted by molar-refractivity contribution is -0.144. The first-order valence-electron chi connectivity index (χ1n) is 15.2. The highest BCUT2D eigenvalue weighted by Gasteiger charge is 2.36. The van der Waals surface area contributed by atoms with Crippen molar-refractivity contribution in [3.63, 3.8) is 0 Å². The zero-order chi connectivity index (χ0) is 31.6. The van der Waals surface area contributed by atoms with Crippen LogP contribution in [-0.2, 0) is 30.3 Å². The van der Waals surface area contributed by atoms with Crippen molar-refractivity contribution in [1.29, 1.82) is 0 Å². The van der Waals surface area contributed by atoms with Crippen molar-refractivity contribution < 1.29 is 23.9 Å². The van der Waals surface area contributed by atoms with Crippen molar-refractivity contribution in [2.24, 2.45) is 11.8 Å². The molecule has 0 aliphatic carbocycles. The summed E-state index contributed by atoms with van der Waals surface area (Å²) in [6.45, 7) is 14.6.